The van der Waals surface area contributed by atoms with Crippen LogP contribution in [0.1, 0.15) is 63.9 Å². The molecule has 1 saturated carbocycles. The first-order valence-corrected chi connectivity index (χ1v) is 13.1. The van der Waals surface area contributed by atoms with Crippen molar-refractivity contribution in [2.45, 2.75) is 89.1 Å². The van der Waals surface area contributed by atoms with E-state index in [9.17, 15) is 19.5 Å². The van der Waals surface area contributed by atoms with Crippen LogP contribution in [0.3, 0.4) is 0 Å². The SMILES string of the molecule is C[C@H]1C(=O)N2[C@@H](CCC(=O)N3CCC4(CC4)[C@H](O)C3)CCC[C@H]2CN1C(=O)OCc1ccccc1. The molecule has 3 heterocycles. The van der Waals surface area contributed by atoms with Crippen LogP contribution in [-0.4, -0.2) is 81.6 Å². The minimum atomic E-state index is -0.585. The van der Waals surface area contributed by atoms with Crippen LogP contribution in [0.4, 0.5) is 4.79 Å². The van der Waals surface area contributed by atoms with Crippen LogP contribution in [0.15, 0.2) is 30.3 Å². The summed E-state index contributed by atoms with van der Waals surface area (Å²) in [7, 11) is 0. The first-order chi connectivity index (χ1) is 16.9. The van der Waals surface area contributed by atoms with Crippen LogP contribution in [-0.2, 0) is 20.9 Å². The fourth-order valence-corrected chi connectivity index (χ4v) is 6.19. The maximum Gasteiger partial charge on any atom is 0.410 e. The van der Waals surface area contributed by atoms with Crippen molar-refractivity contribution in [2.75, 3.05) is 19.6 Å². The van der Waals surface area contributed by atoms with Gasteiger partial charge in [-0.15, -0.1) is 0 Å². The van der Waals surface area contributed by atoms with Crippen LogP contribution < -0.4 is 0 Å². The lowest BCUT2D eigenvalue weighted by atomic mass is 9.88. The quantitative estimate of drug-likeness (QED) is 0.696. The van der Waals surface area contributed by atoms with Gasteiger partial charge in [-0.2, -0.15) is 0 Å². The van der Waals surface area contributed by atoms with Gasteiger partial charge in [0, 0.05) is 38.1 Å². The Hall–Kier alpha value is -2.61. The number of benzene rings is 1. The van der Waals surface area contributed by atoms with Crippen LogP contribution in [0.2, 0.25) is 0 Å². The summed E-state index contributed by atoms with van der Waals surface area (Å²) < 4.78 is 5.51. The first-order valence-electron chi connectivity index (χ1n) is 13.1. The minimum absolute atomic E-state index is 0.0135. The molecule has 1 aliphatic carbocycles. The second kappa shape index (κ2) is 9.80. The Labute approximate surface area is 207 Å². The average molecular weight is 484 g/mol. The minimum Gasteiger partial charge on any atom is -0.445 e. The van der Waals surface area contributed by atoms with Crippen molar-refractivity contribution in [2.24, 2.45) is 5.41 Å². The Morgan fingerprint density at radius 1 is 1.11 bits per heavy atom. The van der Waals surface area contributed by atoms with Gasteiger partial charge in [-0.25, -0.2) is 4.79 Å². The number of aliphatic hydroxyl groups is 1. The van der Waals surface area contributed by atoms with Gasteiger partial charge >= 0.3 is 6.09 Å². The first kappa shape index (κ1) is 24.1. The molecule has 190 valence electrons. The summed E-state index contributed by atoms with van der Waals surface area (Å²) in [6.45, 7) is 3.57. The molecule has 0 aromatic heterocycles. The normalized spacial score (nSPS) is 29.7. The molecule has 0 bridgehead atoms. The topological polar surface area (TPSA) is 90.4 Å². The van der Waals surface area contributed by atoms with E-state index in [0.717, 1.165) is 50.6 Å². The summed E-state index contributed by atoms with van der Waals surface area (Å²) >= 11 is 0. The number of piperidine rings is 2. The molecule has 0 radical (unpaired) electrons. The zero-order valence-electron chi connectivity index (χ0n) is 20.6. The molecule has 0 unspecified atom stereocenters. The number of β-amino-alcohol motifs (C(OH)–C–C–N with tert-alkyl or cyclic N) is 1. The number of fused-ring (bicyclic) bond motifs is 1. The standard InChI is InChI=1S/C27H37N3O5/c1-19-25(33)30-21(10-11-24(32)28-15-14-27(12-13-27)23(31)17-28)8-5-9-22(30)16-29(19)26(34)35-18-20-6-3-2-4-7-20/h2-4,6-7,19,21-23,31H,5,8-18H2,1H3/t19-,21+,22-,23+/m0/s1. The molecule has 8 nitrogen and oxygen atoms in total. The highest BCUT2D eigenvalue weighted by Crippen LogP contribution is 2.53. The number of hydrogen-bond donors (Lipinski definition) is 1. The number of ether oxygens (including phenoxy) is 1. The van der Waals surface area contributed by atoms with E-state index < -0.39 is 18.2 Å². The van der Waals surface area contributed by atoms with Crippen molar-refractivity contribution in [3.8, 4) is 0 Å². The number of hydrogen-bond acceptors (Lipinski definition) is 5. The van der Waals surface area contributed by atoms with E-state index >= 15 is 0 Å². The number of rotatable bonds is 5. The molecule has 5 rings (SSSR count). The Morgan fingerprint density at radius 2 is 1.89 bits per heavy atom. The molecule has 8 heteroatoms. The third-order valence-corrected chi connectivity index (χ3v) is 8.70. The lowest BCUT2D eigenvalue weighted by molar-refractivity contribution is -0.151. The van der Waals surface area contributed by atoms with Gasteiger partial charge in [-0.1, -0.05) is 30.3 Å². The maximum absolute atomic E-state index is 13.4. The number of carbonyl (C=O) groups is 3. The Balaban J connectivity index is 1.15. The summed E-state index contributed by atoms with van der Waals surface area (Å²) in [5, 5.41) is 10.4. The molecular weight excluding hydrogens is 446 g/mol. The Morgan fingerprint density at radius 3 is 2.60 bits per heavy atom. The number of amides is 3. The molecule has 3 aliphatic heterocycles. The number of aliphatic hydroxyl groups excluding tert-OH is 1. The van der Waals surface area contributed by atoms with Gasteiger partial charge in [0.2, 0.25) is 11.8 Å². The number of likely N-dealkylation sites (tertiary alicyclic amines) is 1. The highest BCUT2D eigenvalue weighted by molar-refractivity contribution is 5.87. The van der Waals surface area contributed by atoms with Crippen molar-refractivity contribution in [3.63, 3.8) is 0 Å². The van der Waals surface area contributed by atoms with Gasteiger partial charge in [0.25, 0.3) is 0 Å². The third kappa shape index (κ3) is 4.90. The molecule has 3 saturated heterocycles. The van der Waals surface area contributed by atoms with E-state index in [1.54, 1.807) is 16.7 Å². The van der Waals surface area contributed by atoms with Gasteiger partial charge in [0.05, 0.1) is 6.10 Å². The van der Waals surface area contributed by atoms with Crippen LogP contribution >= 0.6 is 0 Å². The molecule has 4 fully saturated rings. The van der Waals surface area contributed by atoms with E-state index in [4.69, 9.17) is 4.74 Å². The molecule has 3 amide bonds. The molecule has 1 aromatic rings. The fraction of sp³-hybridized carbons (Fsp3) is 0.667. The van der Waals surface area contributed by atoms with Crippen molar-refractivity contribution in [3.05, 3.63) is 35.9 Å². The molecule has 1 aromatic carbocycles. The van der Waals surface area contributed by atoms with Gasteiger partial charge < -0.3 is 19.6 Å². The average Bonchev–Trinajstić information content (AvgIpc) is 3.66. The van der Waals surface area contributed by atoms with Crippen molar-refractivity contribution in [1.29, 1.82) is 0 Å². The van der Waals surface area contributed by atoms with Crippen LogP contribution in [0.25, 0.3) is 0 Å². The van der Waals surface area contributed by atoms with E-state index in [1.165, 1.54) is 0 Å². The van der Waals surface area contributed by atoms with Crippen molar-refractivity contribution < 1.29 is 24.2 Å². The predicted octanol–water partition coefficient (Wildman–Crippen LogP) is 2.93. The van der Waals surface area contributed by atoms with Crippen LogP contribution in [0.5, 0.6) is 0 Å². The molecule has 1 spiro atoms. The monoisotopic (exact) mass is 483 g/mol. The highest BCUT2D eigenvalue weighted by atomic mass is 16.6. The van der Waals surface area contributed by atoms with E-state index in [1.807, 2.05) is 35.2 Å². The van der Waals surface area contributed by atoms with Gasteiger partial charge in [-0.3, -0.25) is 14.5 Å². The molecule has 4 aliphatic rings. The van der Waals surface area contributed by atoms with Gasteiger partial charge in [-0.05, 0) is 62.8 Å². The van der Waals surface area contributed by atoms with Gasteiger partial charge in [0.15, 0.2) is 0 Å². The molecule has 4 atom stereocenters. The summed E-state index contributed by atoms with van der Waals surface area (Å²) in [5.74, 6) is 0.0180. The largest absolute Gasteiger partial charge is 0.445 e. The third-order valence-electron chi connectivity index (χ3n) is 8.70. The fourth-order valence-electron chi connectivity index (χ4n) is 6.19. The second-order valence-corrected chi connectivity index (χ2v) is 10.9. The second-order valence-electron chi connectivity index (χ2n) is 10.9. The highest BCUT2D eigenvalue weighted by Gasteiger charge is 2.52. The van der Waals surface area contributed by atoms with E-state index in [2.05, 4.69) is 0 Å². The smallest absolute Gasteiger partial charge is 0.410 e. The van der Waals surface area contributed by atoms with E-state index in [-0.39, 0.29) is 35.9 Å². The summed E-state index contributed by atoms with van der Waals surface area (Å²) in [6, 6.07) is 8.91. The lowest BCUT2D eigenvalue weighted by Crippen LogP contribution is -2.65. The Bertz CT molecular complexity index is 949. The maximum atomic E-state index is 13.4. The van der Waals surface area contributed by atoms with Crippen molar-refractivity contribution >= 4 is 17.9 Å². The number of piperazine rings is 1. The summed E-state index contributed by atoms with van der Waals surface area (Å²) in [6.07, 6.45) is 5.90. The zero-order chi connectivity index (χ0) is 24.6. The Kier molecular flexibility index (Phi) is 6.75. The molecule has 1 N–H and O–H groups in total. The molecular formula is C27H37N3O5. The predicted molar refractivity (Wildman–Crippen MR) is 129 cm³/mol. The van der Waals surface area contributed by atoms with Crippen LogP contribution in [0, 0.1) is 5.41 Å². The number of nitrogens with zero attached hydrogens (tertiary/aromatic N) is 3. The van der Waals surface area contributed by atoms with Gasteiger partial charge in [0.1, 0.15) is 12.6 Å². The molecule has 35 heavy (non-hydrogen) atoms. The summed E-state index contributed by atoms with van der Waals surface area (Å²) in [5.41, 5.74) is 0.993. The number of carbonyl (C=O) groups excluding carboxylic acids is 3. The van der Waals surface area contributed by atoms with E-state index in [0.29, 0.717) is 25.9 Å². The van der Waals surface area contributed by atoms with Crippen molar-refractivity contribution in [1.82, 2.24) is 14.7 Å². The zero-order valence-corrected chi connectivity index (χ0v) is 20.6. The summed E-state index contributed by atoms with van der Waals surface area (Å²) in [4.78, 5) is 44.4. The lowest BCUT2D eigenvalue weighted by Gasteiger charge is -2.50.